The lowest BCUT2D eigenvalue weighted by molar-refractivity contribution is 0.741. The number of rotatable bonds is 1. The summed E-state index contributed by atoms with van der Waals surface area (Å²) in [5.74, 6) is 0.419. The first-order valence-corrected chi connectivity index (χ1v) is 6.93. The molecule has 0 aromatic heterocycles. The summed E-state index contributed by atoms with van der Waals surface area (Å²) >= 11 is 12.6. The molecule has 0 saturated carbocycles. The molecule has 0 nitrogen and oxygen atoms in total. The summed E-state index contributed by atoms with van der Waals surface area (Å²) in [5, 5.41) is 1.58. The fraction of sp³-hybridized carbons (Fsp3) is 0.250. The van der Waals surface area contributed by atoms with E-state index in [1.165, 1.54) is 16.7 Å². The van der Waals surface area contributed by atoms with Crippen LogP contribution in [0, 0.1) is 6.92 Å². The molecule has 0 radical (unpaired) electrons. The number of benzene rings is 2. The van der Waals surface area contributed by atoms with Crippen LogP contribution in [-0.2, 0) is 12.8 Å². The van der Waals surface area contributed by atoms with Gasteiger partial charge in [0.2, 0.25) is 0 Å². The van der Waals surface area contributed by atoms with Crippen molar-refractivity contribution < 1.29 is 0 Å². The molecule has 0 bridgehead atoms. The molecule has 0 saturated heterocycles. The zero-order valence-corrected chi connectivity index (χ0v) is 11.7. The molecule has 0 aliphatic heterocycles. The van der Waals surface area contributed by atoms with E-state index in [0.717, 1.165) is 28.5 Å². The average molecular weight is 277 g/mol. The van der Waals surface area contributed by atoms with Crippen molar-refractivity contribution in [3.8, 4) is 0 Å². The Hall–Kier alpha value is -0.980. The van der Waals surface area contributed by atoms with Gasteiger partial charge in [-0.05, 0) is 60.1 Å². The van der Waals surface area contributed by atoms with Gasteiger partial charge in [0, 0.05) is 10.0 Å². The Morgan fingerprint density at radius 2 is 1.61 bits per heavy atom. The average Bonchev–Trinajstić information content (AvgIpc) is 2.74. The van der Waals surface area contributed by atoms with E-state index < -0.39 is 0 Å². The lowest BCUT2D eigenvalue weighted by Crippen LogP contribution is -2.00. The van der Waals surface area contributed by atoms with Gasteiger partial charge < -0.3 is 0 Å². The second-order valence-corrected chi connectivity index (χ2v) is 5.77. The van der Waals surface area contributed by atoms with Gasteiger partial charge in [0.15, 0.2) is 0 Å². The van der Waals surface area contributed by atoms with Crippen molar-refractivity contribution in [1.82, 2.24) is 0 Å². The molecular weight excluding hydrogens is 263 g/mol. The SMILES string of the molecule is Cc1cccc2c1CC(c1c(Cl)cccc1Cl)C2. The maximum atomic E-state index is 6.31. The minimum atomic E-state index is 0.419. The van der Waals surface area contributed by atoms with Crippen molar-refractivity contribution >= 4 is 23.2 Å². The molecule has 18 heavy (non-hydrogen) atoms. The molecule has 1 aliphatic rings. The summed E-state index contributed by atoms with van der Waals surface area (Å²) < 4.78 is 0. The second-order valence-electron chi connectivity index (χ2n) is 4.95. The number of fused-ring (bicyclic) bond motifs is 1. The standard InChI is InChI=1S/C16H14Cl2/c1-10-4-2-5-11-8-12(9-13(10)11)16-14(17)6-3-7-15(16)18/h2-7,12H,8-9H2,1H3. The maximum Gasteiger partial charge on any atom is 0.0455 e. The molecule has 92 valence electrons. The van der Waals surface area contributed by atoms with Gasteiger partial charge in [-0.1, -0.05) is 47.5 Å². The van der Waals surface area contributed by atoms with Crippen molar-refractivity contribution in [3.05, 3.63) is 68.7 Å². The van der Waals surface area contributed by atoms with Crippen molar-refractivity contribution in [1.29, 1.82) is 0 Å². The zero-order chi connectivity index (χ0) is 12.7. The third-order valence-electron chi connectivity index (χ3n) is 3.83. The minimum Gasteiger partial charge on any atom is -0.0840 e. The highest BCUT2D eigenvalue weighted by atomic mass is 35.5. The third-order valence-corrected chi connectivity index (χ3v) is 4.49. The van der Waals surface area contributed by atoms with Crippen molar-refractivity contribution in [3.63, 3.8) is 0 Å². The predicted octanol–water partition coefficient (Wildman–Crippen LogP) is 5.18. The van der Waals surface area contributed by atoms with Crippen LogP contribution in [0.15, 0.2) is 36.4 Å². The van der Waals surface area contributed by atoms with Gasteiger partial charge in [0.05, 0.1) is 0 Å². The second kappa shape index (κ2) is 4.60. The van der Waals surface area contributed by atoms with E-state index in [4.69, 9.17) is 23.2 Å². The van der Waals surface area contributed by atoms with Crippen LogP contribution in [0.4, 0.5) is 0 Å². The van der Waals surface area contributed by atoms with Crippen molar-refractivity contribution in [2.75, 3.05) is 0 Å². The molecule has 2 heteroatoms. The van der Waals surface area contributed by atoms with Crippen LogP contribution in [-0.4, -0.2) is 0 Å². The lowest BCUT2D eigenvalue weighted by Gasteiger charge is -2.13. The molecule has 3 rings (SSSR count). The minimum absolute atomic E-state index is 0.419. The Morgan fingerprint density at radius 1 is 0.944 bits per heavy atom. The van der Waals surface area contributed by atoms with Crippen LogP contribution in [0.3, 0.4) is 0 Å². The molecular formula is C16H14Cl2. The highest BCUT2D eigenvalue weighted by molar-refractivity contribution is 6.36. The van der Waals surface area contributed by atoms with E-state index >= 15 is 0 Å². The first-order valence-electron chi connectivity index (χ1n) is 6.18. The number of hydrogen-bond acceptors (Lipinski definition) is 0. The van der Waals surface area contributed by atoms with Gasteiger partial charge >= 0.3 is 0 Å². The molecule has 0 amide bonds. The summed E-state index contributed by atoms with van der Waals surface area (Å²) in [7, 11) is 0. The molecule has 0 N–H and O–H groups in total. The van der Waals surface area contributed by atoms with Crippen LogP contribution in [0.2, 0.25) is 10.0 Å². The number of hydrogen-bond donors (Lipinski definition) is 0. The molecule has 1 unspecified atom stereocenters. The van der Waals surface area contributed by atoms with Gasteiger partial charge in [-0.15, -0.1) is 0 Å². The summed E-state index contributed by atoms with van der Waals surface area (Å²) in [6.45, 7) is 2.18. The van der Waals surface area contributed by atoms with Crippen molar-refractivity contribution in [2.45, 2.75) is 25.7 Å². The highest BCUT2D eigenvalue weighted by Crippen LogP contribution is 2.41. The Bertz CT molecular complexity index is 582. The Kier molecular flexibility index (Phi) is 3.09. The number of aryl methyl sites for hydroxylation is 1. The summed E-state index contributed by atoms with van der Waals surface area (Å²) in [6, 6.07) is 12.3. The maximum absolute atomic E-state index is 6.31. The van der Waals surface area contributed by atoms with E-state index in [1.54, 1.807) is 0 Å². The largest absolute Gasteiger partial charge is 0.0840 e. The smallest absolute Gasteiger partial charge is 0.0455 e. The van der Waals surface area contributed by atoms with Crippen LogP contribution in [0.5, 0.6) is 0 Å². The Balaban J connectivity index is 2.02. The monoisotopic (exact) mass is 276 g/mol. The summed E-state index contributed by atoms with van der Waals surface area (Å²) in [4.78, 5) is 0. The van der Waals surface area contributed by atoms with Crippen LogP contribution in [0.1, 0.15) is 28.2 Å². The van der Waals surface area contributed by atoms with E-state index in [9.17, 15) is 0 Å². The molecule has 0 spiro atoms. The van der Waals surface area contributed by atoms with E-state index in [1.807, 2.05) is 18.2 Å². The predicted molar refractivity (Wildman–Crippen MR) is 77.8 cm³/mol. The van der Waals surface area contributed by atoms with Gasteiger partial charge in [0.25, 0.3) is 0 Å². The van der Waals surface area contributed by atoms with Crippen LogP contribution >= 0.6 is 23.2 Å². The topological polar surface area (TPSA) is 0 Å². The molecule has 2 aromatic rings. The molecule has 0 fully saturated rings. The quantitative estimate of drug-likeness (QED) is 0.673. The lowest BCUT2D eigenvalue weighted by atomic mass is 9.96. The van der Waals surface area contributed by atoms with Gasteiger partial charge in [-0.2, -0.15) is 0 Å². The van der Waals surface area contributed by atoms with E-state index in [0.29, 0.717) is 5.92 Å². The summed E-state index contributed by atoms with van der Waals surface area (Å²) in [5.41, 5.74) is 5.39. The van der Waals surface area contributed by atoms with E-state index in [2.05, 4.69) is 25.1 Å². The zero-order valence-electron chi connectivity index (χ0n) is 10.2. The van der Waals surface area contributed by atoms with E-state index in [-0.39, 0.29) is 0 Å². The Labute approximate surface area is 118 Å². The fourth-order valence-electron chi connectivity index (χ4n) is 2.94. The molecule has 2 aromatic carbocycles. The third kappa shape index (κ3) is 1.94. The van der Waals surface area contributed by atoms with Gasteiger partial charge in [0.1, 0.15) is 0 Å². The van der Waals surface area contributed by atoms with Crippen LogP contribution < -0.4 is 0 Å². The molecule has 1 atom stereocenters. The fourth-order valence-corrected chi connectivity index (χ4v) is 3.64. The van der Waals surface area contributed by atoms with Crippen LogP contribution in [0.25, 0.3) is 0 Å². The normalized spacial score (nSPS) is 17.8. The van der Waals surface area contributed by atoms with Gasteiger partial charge in [-0.3, -0.25) is 0 Å². The van der Waals surface area contributed by atoms with Gasteiger partial charge in [-0.25, -0.2) is 0 Å². The first kappa shape index (κ1) is 12.1. The molecule has 1 aliphatic carbocycles. The molecule has 0 heterocycles. The Morgan fingerprint density at radius 3 is 2.28 bits per heavy atom. The summed E-state index contributed by atoms with van der Waals surface area (Å²) in [6.07, 6.45) is 2.09. The first-order chi connectivity index (χ1) is 8.66. The number of halogens is 2. The highest BCUT2D eigenvalue weighted by Gasteiger charge is 2.26. The van der Waals surface area contributed by atoms with Crippen molar-refractivity contribution in [2.24, 2.45) is 0 Å².